The summed E-state index contributed by atoms with van der Waals surface area (Å²) in [5, 5.41) is 9.85. The first kappa shape index (κ1) is 8.97. The topological polar surface area (TPSA) is 49.5 Å². The second-order valence-corrected chi connectivity index (χ2v) is 3.80. The Morgan fingerprint density at radius 2 is 2.36 bits per heavy atom. The van der Waals surface area contributed by atoms with Crippen LogP contribution in [0.15, 0.2) is 0 Å². The molecule has 0 spiro atoms. The molecule has 3 nitrogen and oxygen atoms in total. The summed E-state index contributed by atoms with van der Waals surface area (Å²) in [6.45, 7) is 4.36. The van der Waals surface area contributed by atoms with Crippen molar-refractivity contribution in [2.45, 2.75) is 18.9 Å². The van der Waals surface area contributed by atoms with Gasteiger partial charge in [0.2, 0.25) is 0 Å². The van der Waals surface area contributed by atoms with Crippen molar-refractivity contribution in [1.82, 2.24) is 4.90 Å². The molecule has 1 saturated heterocycles. The number of hydrogen-bond acceptors (Lipinski definition) is 3. The van der Waals surface area contributed by atoms with Crippen LogP contribution >= 0.6 is 0 Å². The summed E-state index contributed by atoms with van der Waals surface area (Å²) in [5.74, 6) is 0.237. The standard InChI is InChI=1S/C8H18N2O/c1-8(11)3-4-10(2)6-7(8)5-9/h7,11H,3-6,9H2,1-2H3/t7-,8+/m0/s1. The molecule has 0 unspecified atom stereocenters. The van der Waals surface area contributed by atoms with Crippen molar-refractivity contribution in [3.63, 3.8) is 0 Å². The van der Waals surface area contributed by atoms with E-state index in [0.29, 0.717) is 6.54 Å². The average Bonchev–Trinajstić information content (AvgIpc) is 1.94. The number of hydrogen-bond donors (Lipinski definition) is 2. The lowest BCUT2D eigenvalue weighted by atomic mass is 9.83. The molecule has 1 rings (SSSR count). The van der Waals surface area contributed by atoms with Crippen LogP contribution in [0.2, 0.25) is 0 Å². The number of likely N-dealkylation sites (tertiary alicyclic amines) is 1. The highest BCUT2D eigenvalue weighted by molar-refractivity contribution is 4.89. The van der Waals surface area contributed by atoms with Gasteiger partial charge >= 0.3 is 0 Å². The molecule has 1 fully saturated rings. The third kappa shape index (κ3) is 1.92. The van der Waals surface area contributed by atoms with Crippen LogP contribution in [0.1, 0.15) is 13.3 Å². The smallest absolute Gasteiger partial charge is 0.0684 e. The molecule has 0 amide bonds. The molecule has 66 valence electrons. The van der Waals surface area contributed by atoms with Crippen molar-refractivity contribution < 1.29 is 5.11 Å². The predicted molar refractivity (Wildman–Crippen MR) is 45.3 cm³/mol. The summed E-state index contributed by atoms with van der Waals surface area (Å²) in [4.78, 5) is 2.22. The van der Waals surface area contributed by atoms with E-state index in [1.54, 1.807) is 0 Å². The summed E-state index contributed by atoms with van der Waals surface area (Å²) in [5.41, 5.74) is 5.01. The second-order valence-electron chi connectivity index (χ2n) is 3.80. The van der Waals surface area contributed by atoms with Crippen LogP contribution in [0, 0.1) is 5.92 Å². The lowest BCUT2D eigenvalue weighted by Gasteiger charge is -2.40. The molecule has 11 heavy (non-hydrogen) atoms. The van der Waals surface area contributed by atoms with E-state index in [4.69, 9.17) is 5.73 Å². The summed E-state index contributed by atoms with van der Waals surface area (Å²) in [6, 6.07) is 0. The van der Waals surface area contributed by atoms with Gasteiger partial charge in [-0.3, -0.25) is 0 Å². The SMILES string of the molecule is CN1CC[C@@](C)(O)[C@@H](CN)C1. The Bertz CT molecular complexity index is 136. The lowest BCUT2D eigenvalue weighted by Crippen LogP contribution is -2.51. The van der Waals surface area contributed by atoms with Crippen LogP contribution in [0.5, 0.6) is 0 Å². The van der Waals surface area contributed by atoms with E-state index >= 15 is 0 Å². The largest absolute Gasteiger partial charge is 0.390 e. The van der Waals surface area contributed by atoms with E-state index < -0.39 is 5.60 Å². The second kappa shape index (κ2) is 3.09. The van der Waals surface area contributed by atoms with Gasteiger partial charge in [0.1, 0.15) is 0 Å². The Morgan fingerprint density at radius 1 is 1.73 bits per heavy atom. The summed E-state index contributed by atoms with van der Waals surface area (Å²) in [6.07, 6.45) is 0.839. The van der Waals surface area contributed by atoms with Crippen molar-refractivity contribution in [2.75, 3.05) is 26.7 Å². The van der Waals surface area contributed by atoms with E-state index in [-0.39, 0.29) is 5.92 Å². The van der Waals surface area contributed by atoms with Crippen molar-refractivity contribution in [3.05, 3.63) is 0 Å². The molecule has 3 N–H and O–H groups in total. The van der Waals surface area contributed by atoms with Gasteiger partial charge in [-0.05, 0) is 26.9 Å². The molecule has 0 aromatic rings. The van der Waals surface area contributed by atoms with E-state index in [9.17, 15) is 5.11 Å². The van der Waals surface area contributed by atoms with Crippen LogP contribution in [0.25, 0.3) is 0 Å². The first-order chi connectivity index (χ1) is 5.06. The summed E-state index contributed by atoms with van der Waals surface area (Å²) in [7, 11) is 2.07. The minimum Gasteiger partial charge on any atom is -0.390 e. The van der Waals surface area contributed by atoms with Crippen LogP contribution in [-0.4, -0.2) is 42.3 Å². The Labute approximate surface area is 68.2 Å². The minimum absolute atomic E-state index is 0.237. The van der Waals surface area contributed by atoms with Gasteiger partial charge < -0.3 is 15.7 Å². The molecule has 0 bridgehead atoms. The van der Waals surface area contributed by atoms with Gasteiger partial charge in [0.15, 0.2) is 0 Å². The number of aliphatic hydroxyl groups is 1. The zero-order chi connectivity index (χ0) is 8.48. The number of nitrogens with two attached hydrogens (primary N) is 1. The molecule has 0 radical (unpaired) electrons. The Balaban J connectivity index is 2.56. The third-order valence-corrected chi connectivity index (χ3v) is 2.70. The van der Waals surface area contributed by atoms with E-state index in [2.05, 4.69) is 11.9 Å². The van der Waals surface area contributed by atoms with Crippen molar-refractivity contribution >= 4 is 0 Å². The maximum absolute atomic E-state index is 9.85. The normalized spacial score (nSPS) is 40.9. The zero-order valence-corrected chi connectivity index (χ0v) is 7.38. The average molecular weight is 158 g/mol. The molecule has 0 saturated carbocycles. The Morgan fingerprint density at radius 3 is 2.82 bits per heavy atom. The molecular weight excluding hydrogens is 140 g/mol. The zero-order valence-electron chi connectivity index (χ0n) is 7.38. The van der Waals surface area contributed by atoms with Crippen LogP contribution in [0.3, 0.4) is 0 Å². The quantitative estimate of drug-likeness (QED) is 0.548. The van der Waals surface area contributed by atoms with Crippen molar-refractivity contribution in [2.24, 2.45) is 11.7 Å². The van der Waals surface area contributed by atoms with Gasteiger partial charge in [0, 0.05) is 19.0 Å². The van der Waals surface area contributed by atoms with Gasteiger partial charge in [-0.2, -0.15) is 0 Å². The maximum Gasteiger partial charge on any atom is 0.0684 e. The van der Waals surface area contributed by atoms with E-state index in [1.807, 2.05) is 6.92 Å². The highest BCUT2D eigenvalue weighted by Crippen LogP contribution is 2.25. The Hall–Kier alpha value is -0.120. The predicted octanol–water partition coefficient (Wildman–Crippen LogP) is -0.352. The monoisotopic (exact) mass is 158 g/mol. The van der Waals surface area contributed by atoms with Gasteiger partial charge in [0.25, 0.3) is 0 Å². The first-order valence-corrected chi connectivity index (χ1v) is 4.17. The van der Waals surface area contributed by atoms with Gasteiger partial charge in [0.05, 0.1) is 5.60 Å². The molecule has 3 heteroatoms. The fourth-order valence-electron chi connectivity index (χ4n) is 1.61. The molecule has 2 atom stereocenters. The molecule has 0 aromatic carbocycles. The number of rotatable bonds is 1. The molecule has 0 aliphatic carbocycles. The first-order valence-electron chi connectivity index (χ1n) is 4.17. The van der Waals surface area contributed by atoms with Crippen LogP contribution in [-0.2, 0) is 0 Å². The third-order valence-electron chi connectivity index (χ3n) is 2.70. The van der Waals surface area contributed by atoms with Crippen LogP contribution in [0.4, 0.5) is 0 Å². The molecule has 1 heterocycles. The fourth-order valence-corrected chi connectivity index (χ4v) is 1.61. The minimum atomic E-state index is -0.540. The molecule has 1 aliphatic heterocycles. The van der Waals surface area contributed by atoms with E-state index in [1.165, 1.54) is 0 Å². The summed E-state index contributed by atoms with van der Waals surface area (Å²) >= 11 is 0. The van der Waals surface area contributed by atoms with Gasteiger partial charge in [-0.25, -0.2) is 0 Å². The van der Waals surface area contributed by atoms with Gasteiger partial charge in [-0.15, -0.1) is 0 Å². The van der Waals surface area contributed by atoms with Crippen molar-refractivity contribution in [1.29, 1.82) is 0 Å². The molecular formula is C8H18N2O. The highest BCUT2D eigenvalue weighted by Gasteiger charge is 2.35. The fraction of sp³-hybridized carbons (Fsp3) is 1.00. The number of nitrogens with zero attached hydrogens (tertiary/aromatic N) is 1. The number of piperidine rings is 1. The maximum atomic E-state index is 9.85. The van der Waals surface area contributed by atoms with Crippen LogP contribution < -0.4 is 5.73 Å². The molecule has 1 aliphatic rings. The summed E-state index contributed by atoms with van der Waals surface area (Å²) < 4.78 is 0. The highest BCUT2D eigenvalue weighted by atomic mass is 16.3. The lowest BCUT2D eigenvalue weighted by molar-refractivity contribution is -0.0483. The van der Waals surface area contributed by atoms with E-state index in [0.717, 1.165) is 19.5 Å². The Kier molecular flexibility index (Phi) is 2.52. The van der Waals surface area contributed by atoms with Crippen molar-refractivity contribution in [3.8, 4) is 0 Å². The van der Waals surface area contributed by atoms with Gasteiger partial charge in [-0.1, -0.05) is 0 Å². The molecule has 0 aromatic heterocycles.